The molecule has 1 aromatic heterocycles. The number of piperidine rings is 1. The Morgan fingerprint density at radius 3 is 2.80 bits per heavy atom. The number of hydrazine groups is 1. The van der Waals surface area contributed by atoms with Gasteiger partial charge in [-0.2, -0.15) is 13.2 Å². The summed E-state index contributed by atoms with van der Waals surface area (Å²) in [7, 11) is 1.99. The lowest BCUT2D eigenvalue weighted by Gasteiger charge is -2.50. The van der Waals surface area contributed by atoms with Crippen LogP contribution in [0.4, 0.5) is 19.0 Å². The largest absolute Gasteiger partial charge is 0.406 e. The maximum Gasteiger partial charge on any atom is 0.406 e. The third kappa shape index (κ3) is 3.89. The first-order chi connectivity index (χ1) is 14.2. The lowest BCUT2D eigenvalue weighted by Crippen LogP contribution is -2.63. The zero-order valence-electron chi connectivity index (χ0n) is 17.6. The Balaban J connectivity index is 1.64. The molecule has 5 unspecified atom stereocenters. The molecule has 30 heavy (non-hydrogen) atoms. The Labute approximate surface area is 175 Å². The minimum absolute atomic E-state index is 0.0178. The van der Waals surface area contributed by atoms with Crippen LogP contribution in [0.25, 0.3) is 0 Å². The molecule has 1 aromatic rings. The number of alkyl halides is 3. The van der Waals surface area contributed by atoms with Gasteiger partial charge in [0.25, 0.3) is 0 Å². The number of halogens is 3. The molecular formula is C21H30F3N5O. The third-order valence-corrected chi connectivity index (χ3v) is 7.07. The van der Waals surface area contributed by atoms with Gasteiger partial charge in [0.05, 0.1) is 5.92 Å². The van der Waals surface area contributed by atoms with Gasteiger partial charge in [-0.05, 0) is 56.6 Å². The highest BCUT2D eigenvalue weighted by molar-refractivity contribution is 5.82. The van der Waals surface area contributed by atoms with E-state index in [4.69, 9.17) is 0 Å². The molecule has 3 aliphatic rings. The molecule has 0 spiro atoms. The maximum absolute atomic E-state index is 13.4. The summed E-state index contributed by atoms with van der Waals surface area (Å²) in [6.07, 6.45) is -0.460. The summed E-state index contributed by atoms with van der Waals surface area (Å²) >= 11 is 0. The molecule has 0 radical (unpaired) electrons. The van der Waals surface area contributed by atoms with Crippen LogP contribution in [-0.4, -0.2) is 60.2 Å². The van der Waals surface area contributed by atoms with E-state index in [0.29, 0.717) is 13.0 Å². The van der Waals surface area contributed by atoms with E-state index >= 15 is 0 Å². The molecule has 166 valence electrons. The number of amides is 1. The van der Waals surface area contributed by atoms with Crippen LogP contribution in [0.15, 0.2) is 18.3 Å². The van der Waals surface area contributed by atoms with Gasteiger partial charge in [0.15, 0.2) is 0 Å². The number of carbonyl (C=O) groups excluding carboxylic acids is 1. The van der Waals surface area contributed by atoms with Crippen molar-refractivity contribution in [3.8, 4) is 0 Å². The smallest absolute Gasteiger partial charge is 0.357 e. The summed E-state index contributed by atoms with van der Waals surface area (Å²) in [5.74, 6) is 0.155. The maximum atomic E-state index is 13.4. The Morgan fingerprint density at radius 1 is 1.33 bits per heavy atom. The first-order valence-electron chi connectivity index (χ1n) is 10.7. The van der Waals surface area contributed by atoms with Gasteiger partial charge in [0, 0.05) is 37.9 Å². The van der Waals surface area contributed by atoms with E-state index in [0.717, 1.165) is 29.1 Å². The lowest BCUT2D eigenvalue weighted by atomic mass is 9.67. The number of rotatable bonds is 4. The molecule has 4 rings (SSSR count). The average Bonchev–Trinajstić information content (AvgIpc) is 3.19. The van der Waals surface area contributed by atoms with Crippen molar-refractivity contribution >= 4 is 11.7 Å². The van der Waals surface area contributed by atoms with E-state index in [1.165, 1.54) is 0 Å². The van der Waals surface area contributed by atoms with Crippen LogP contribution in [0.1, 0.15) is 44.6 Å². The molecule has 9 heteroatoms. The third-order valence-electron chi connectivity index (χ3n) is 7.07. The predicted octanol–water partition coefficient (Wildman–Crippen LogP) is 2.68. The number of anilines is 1. The molecule has 6 nitrogen and oxygen atoms in total. The fourth-order valence-electron chi connectivity index (χ4n) is 5.42. The van der Waals surface area contributed by atoms with E-state index in [2.05, 4.69) is 34.6 Å². The summed E-state index contributed by atoms with van der Waals surface area (Å²) < 4.78 is 40.1. The quantitative estimate of drug-likeness (QED) is 0.777. The second-order valence-electron chi connectivity index (χ2n) is 9.10. The van der Waals surface area contributed by atoms with Crippen molar-refractivity contribution in [1.82, 2.24) is 20.7 Å². The molecule has 1 aliphatic carbocycles. The number of likely N-dealkylation sites (tertiary alicyclic amines) is 1. The van der Waals surface area contributed by atoms with Crippen LogP contribution in [0.2, 0.25) is 0 Å². The number of carbonyl (C=O) groups is 1. The van der Waals surface area contributed by atoms with E-state index in [1.54, 1.807) is 6.20 Å². The predicted molar refractivity (Wildman–Crippen MR) is 108 cm³/mol. The van der Waals surface area contributed by atoms with E-state index in [1.807, 2.05) is 19.2 Å². The van der Waals surface area contributed by atoms with Crippen molar-refractivity contribution in [2.45, 2.75) is 63.3 Å². The number of pyridine rings is 1. The number of aromatic nitrogens is 1. The topological polar surface area (TPSA) is 60.5 Å². The van der Waals surface area contributed by atoms with Crippen LogP contribution in [0.3, 0.4) is 0 Å². The molecule has 1 saturated carbocycles. The van der Waals surface area contributed by atoms with Gasteiger partial charge in [0.1, 0.15) is 12.4 Å². The summed E-state index contributed by atoms with van der Waals surface area (Å²) in [5.41, 5.74) is 7.23. The van der Waals surface area contributed by atoms with Crippen molar-refractivity contribution in [2.24, 2.45) is 11.8 Å². The van der Waals surface area contributed by atoms with Crippen molar-refractivity contribution in [1.29, 1.82) is 0 Å². The van der Waals surface area contributed by atoms with E-state index in [-0.39, 0.29) is 29.8 Å². The summed E-state index contributed by atoms with van der Waals surface area (Å²) in [4.78, 5) is 20.8. The van der Waals surface area contributed by atoms with Crippen LogP contribution < -0.4 is 15.8 Å². The monoisotopic (exact) mass is 425 g/mol. The van der Waals surface area contributed by atoms with Crippen LogP contribution in [0, 0.1) is 11.8 Å². The molecule has 1 amide bonds. The first-order valence-corrected chi connectivity index (χ1v) is 10.7. The second kappa shape index (κ2) is 8.00. The molecule has 2 N–H and O–H groups in total. The van der Waals surface area contributed by atoms with Gasteiger partial charge in [-0.25, -0.2) is 4.98 Å². The van der Waals surface area contributed by atoms with Crippen LogP contribution >= 0.6 is 0 Å². The van der Waals surface area contributed by atoms with Crippen molar-refractivity contribution in [3.63, 3.8) is 0 Å². The van der Waals surface area contributed by atoms with Gasteiger partial charge >= 0.3 is 6.18 Å². The molecule has 2 saturated heterocycles. The minimum atomic E-state index is -4.41. The Bertz CT molecular complexity index is 786. The number of nitrogens with one attached hydrogen (secondary N) is 2. The minimum Gasteiger partial charge on any atom is -0.357 e. The summed E-state index contributed by atoms with van der Waals surface area (Å²) in [6.45, 7) is 3.38. The van der Waals surface area contributed by atoms with Crippen LogP contribution in [-0.2, 0) is 4.79 Å². The first kappa shape index (κ1) is 21.4. The molecule has 0 bridgehead atoms. The zero-order valence-corrected chi connectivity index (χ0v) is 17.6. The fraction of sp³-hybridized carbons (Fsp3) is 0.714. The van der Waals surface area contributed by atoms with Gasteiger partial charge in [-0.1, -0.05) is 6.07 Å². The molecule has 2 aliphatic heterocycles. The normalized spacial score (nSPS) is 31.6. The van der Waals surface area contributed by atoms with Crippen molar-refractivity contribution < 1.29 is 18.0 Å². The van der Waals surface area contributed by atoms with Crippen molar-refractivity contribution in [2.75, 3.05) is 25.0 Å². The van der Waals surface area contributed by atoms with Crippen molar-refractivity contribution in [3.05, 3.63) is 23.9 Å². The Kier molecular flexibility index (Phi) is 5.69. The summed E-state index contributed by atoms with van der Waals surface area (Å²) in [6, 6.07) is 3.64. The molecule has 0 aromatic carbocycles. The van der Waals surface area contributed by atoms with E-state index in [9.17, 15) is 18.0 Å². The van der Waals surface area contributed by atoms with Gasteiger partial charge in [-0.15, -0.1) is 0 Å². The molecule has 3 fully saturated rings. The van der Waals surface area contributed by atoms with Gasteiger partial charge < -0.3 is 9.80 Å². The molecule has 5 atom stereocenters. The van der Waals surface area contributed by atoms with E-state index < -0.39 is 24.7 Å². The number of nitrogens with zero attached hydrogens (tertiary/aromatic N) is 3. The standard InChI is InChI=1S/C21H30F3N5O/c1-12(2)28(3)19-14(5-4-8-25-19)13-6-7-15-17(9-13)29(11-21(22,23)24)20(30)16-10-26-27-18(15)16/h4-5,8,12-13,15-18,26-27H,6-7,9-11H2,1-3H3. The highest BCUT2D eigenvalue weighted by Crippen LogP contribution is 2.46. The number of hydrogen-bond donors (Lipinski definition) is 2. The second-order valence-corrected chi connectivity index (χ2v) is 9.10. The highest BCUT2D eigenvalue weighted by atomic mass is 19.4. The zero-order chi connectivity index (χ0) is 21.6. The van der Waals surface area contributed by atoms with Crippen LogP contribution in [0.5, 0.6) is 0 Å². The SMILES string of the molecule is CC(C)N(C)c1ncccc1C1CCC2C3NNCC3C(=O)N(CC(F)(F)F)C2C1. The average molecular weight is 425 g/mol. The van der Waals surface area contributed by atoms with Gasteiger partial charge in [0.2, 0.25) is 5.91 Å². The molecular weight excluding hydrogens is 395 g/mol. The highest BCUT2D eigenvalue weighted by Gasteiger charge is 2.54. The number of hydrogen-bond acceptors (Lipinski definition) is 5. The number of fused-ring (bicyclic) bond motifs is 3. The Morgan fingerprint density at radius 2 is 2.10 bits per heavy atom. The lowest BCUT2D eigenvalue weighted by molar-refractivity contribution is -0.178. The fourth-order valence-corrected chi connectivity index (χ4v) is 5.42. The summed E-state index contributed by atoms with van der Waals surface area (Å²) in [5, 5.41) is 0. The Hall–Kier alpha value is -1.87. The van der Waals surface area contributed by atoms with Gasteiger partial charge in [-0.3, -0.25) is 15.6 Å². The molecule has 3 heterocycles.